The third kappa shape index (κ3) is 3.73. The van der Waals surface area contributed by atoms with Crippen LogP contribution in [0.1, 0.15) is 5.56 Å². The SMILES string of the molecule is Cc1ccccc1NC(=O)Cn1nnc(-c2ccc(Cl)cc2)n1. The summed E-state index contributed by atoms with van der Waals surface area (Å²) in [6, 6.07) is 14.7. The summed E-state index contributed by atoms with van der Waals surface area (Å²) in [5.74, 6) is 0.240. The highest BCUT2D eigenvalue weighted by Gasteiger charge is 2.10. The number of para-hydroxylation sites is 1. The van der Waals surface area contributed by atoms with Crippen LogP contribution in [0.4, 0.5) is 5.69 Å². The van der Waals surface area contributed by atoms with E-state index < -0.39 is 0 Å². The van der Waals surface area contributed by atoms with Gasteiger partial charge in [-0.1, -0.05) is 29.8 Å². The summed E-state index contributed by atoms with van der Waals surface area (Å²) < 4.78 is 0. The third-order valence-electron chi connectivity index (χ3n) is 3.26. The van der Waals surface area contributed by atoms with Crippen molar-refractivity contribution in [3.8, 4) is 11.4 Å². The first-order valence-electron chi connectivity index (χ1n) is 7.01. The molecular formula is C16H14ClN5O. The minimum atomic E-state index is -0.209. The van der Waals surface area contributed by atoms with Crippen molar-refractivity contribution in [1.29, 1.82) is 0 Å². The molecule has 3 rings (SSSR count). The van der Waals surface area contributed by atoms with Crippen molar-refractivity contribution in [1.82, 2.24) is 20.2 Å². The molecule has 1 amide bonds. The van der Waals surface area contributed by atoms with E-state index in [-0.39, 0.29) is 12.5 Å². The number of nitrogens with zero attached hydrogens (tertiary/aromatic N) is 4. The summed E-state index contributed by atoms with van der Waals surface area (Å²) in [5.41, 5.74) is 2.56. The molecule has 116 valence electrons. The molecule has 0 saturated carbocycles. The zero-order chi connectivity index (χ0) is 16.2. The molecule has 0 aliphatic rings. The van der Waals surface area contributed by atoms with E-state index in [0.717, 1.165) is 16.8 Å². The Bertz CT molecular complexity index is 828. The number of hydrogen-bond acceptors (Lipinski definition) is 4. The van der Waals surface area contributed by atoms with E-state index in [1.165, 1.54) is 4.80 Å². The number of aryl methyl sites for hydroxylation is 1. The second-order valence-corrected chi connectivity index (χ2v) is 5.45. The third-order valence-corrected chi connectivity index (χ3v) is 3.51. The van der Waals surface area contributed by atoms with Gasteiger partial charge in [0, 0.05) is 16.3 Å². The lowest BCUT2D eigenvalue weighted by Gasteiger charge is -2.06. The molecule has 1 aromatic heterocycles. The predicted octanol–water partition coefficient (Wildman–Crippen LogP) is 2.94. The van der Waals surface area contributed by atoms with E-state index in [1.54, 1.807) is 24.3 Å². The van der Waals surface area contributed by atoms with Gasteiger partial charge in [-0.2, -0.15) is 4.80 Å². The van der Waals surface area contributed by atoms with Crippen LogP contribution in [-0.2, 0) is 11.3 Å². The summed E-state index contributed by atoms with van der Waals surface area (Å²) in [7, 11) is 0. The second-order valence-electron chi connectivity index (χ2n) is 5.01. The Labute approximate surface area is 138 Å². The van der Waals surface area contributed by atoms with E-state index in [0.29, 0.717) is 10.8 Å². The van der Waals surface area contributed by atoms with Crippen molar-refractivity contribution in [2.24, 2.45) is 0 Å². The molecule has 0 saturated heterocycles. The number of rotatable bonds is 4. The largest absolute Gasteiger partial charge is 0.324 e. The number of carbonyl (C=O) groups excluding carboxylic acids is 1. The van der Waals surface area contributed by atoms with Gasteiger partial charge in [-0.3, -0.25) is 4.79 Å². The number of benzene rings is 2. The molecule has 0 unspecified atom stereocenters. The number of tetrazole rings is 1. The van der Waals surface area contributed by atoms with Crippen LogP contribution in [0.2, 0.25) is 5.02 Å². The maximum absolute atomic E-state index is 12.1. The Morgan fingerprint density at radius 2 is 1.91 bits per heavy atom. The number of amides is 1. The normalized spacial score (nSPS) is 10.5. The van der Waals surface area contributed by atoms with Gasteiger partial charge < -0.3 is 5.32 Å². The molecule has 0 fully saturated rings. The molecule has 6 nitrogen and oxygen atoms in total. The minimum Gasteiger partial charge on any atom is -0.324 e. The van der Waals surface area contributed by atoms with Crippen molar-refractivity contribution >= 4 is 23.2 Å². The van der Waals surface area contributed by atoms with Crippen LogP contribution in [0, 0.1) is 6.92 Å². The van der Waals surface area contributed by atoms with Gasteiger partial charge >= 0.3 is 0 Å². The maximum atomic E-state index is 12.1. The Morgan fingerprint density at radius 1 is 1.17 bits per heavy atom. The average molecular weight is 328 g/mol. The Balaban J connectivity index is 1.68. The monoisotopic (exact) mass is 327 g/mol. The lowest BCUT2D eigenvalue weighted by molar-refractivity contribution is -0.117. The van der Waals surface area contributed by atoms with Crippen molar-refractivity contribution in [2.45, 2.75) is 13.5 Å². The smallest absolute Gasteiger partial charge is 0.248 e. The van der Waals surface area contributed by atoms with Crippen LogP contribution in [0.15, 0.2) is 48.5 Å². The molecule has 0 bridgehead atoms. The van der Waals surface area contributed by atoms with Crippen molar-refractivity contribution in [2.75, 3.05) is 5.32 Å². The van der Waals surface area contributed by atoms with E-state index in [4.69, 9.17) is 11.6 Å². The average Bonchev–Trinajstić information content (AvgIpc) is 2.98. The fourth-order valence-electron chi connectivity index (χ4n) is 2.06. The van der Waals surface area contributed by atoms with Crippen LogP contribution < -0.4 is 5.32 Å². The van der Waals surface area contributed by atoms with Crippen molar-refractivity contribution in [3.05, 3.63) is 59.1 Å². The molecule has 0 atom stereocenters. The van der Waals surface area contributed by atoms with Gasteiger partial charge in [0.2, 0.25) is 11.7 Å². The van der Waals surface area contributed by atoms with E-state index >= 15 is 0 Å². The van der Waals surface area contributed by atoms with Crippen LogP contribution in [0.3, 0.4) is 0 Å². The lowest BCUT2D eigenvalue weighted by Crippen LogP contribution is -2.20. The minimum absolute atomic E-state index is 0.00504. The van der Waals surface area contributed by atoms with Gasteiger partial charge in [0.15, 0.2) is 0 Å². The standard InChI is InChI=1S/C16H14ClN5O/c1-11-4-2-3-5-14(11)18-15(23)10-22-20-16(19-21-22)12-6-8-13(17)9-7-12/h2-9H,10H2,1H3,(H,18,23). The number of halogens is 1. The molecule has 1 heterocycles. The molecule has 7 heteroatoms. The van der Waals surface area contributed by atoms with Crippen LogP contribution in [0.5, 0.6) is 0 Å². The molecular weight excluding hydrogens is 314 g/mol. The molecule has 0 spiro atoms. The molecule has 23 heavy (non-hydrogen) atoms. The van der Waals surface area contributed by atoms with Gasteiger partial charge in [0.1, 0.15) is 6.54 Å². The first kappa shape index (κ1) is 15.2. The fraction of sp³-hybridized carbons (Fsp3) is 0.125. The summed E-state index contributed by atoms with van der Waals surface area (Å²) in [5, 5.41) is 15.5. The number of hydrogen-bond donors (Lipinski definition) is 1. The van der Waals surface area contributed by atoms with Gasteiger partial charge in [0.25, 0.3) is 0 Å². The van der Waals surface area contributed by atoms with Crippen LogP contribution in [-0.4, -0.2) is 26.1 Å². The number of carbonyl (C=O) groups is 1. The summed E-state index contributed by atoms with van der Waals surface area (Å²) in [6.07, 6.45) is 0. The van der Waals surface area contributed by atoms with Crippen LogP contribution in [0.25, 0.3) is 11.4 Å². The summed E-state index contributed by atoms with van der Waals surface area (Å²) in [4.78, 5) is 13.3. The van der Waals surface area contributed by atoms with E-state index in [2.05, 4.69) is 20.7 Å². The number of anilines is 1. The topological polar surface area (TPSA) is 72.7 Å². The number of nitrogens with one attached hydrogen (secondary N) is 1. The molecule has 2 aromatic carbocycles. The molecule has 0 radical (unpaired) electrons. The zero-order valence-corrected chi connectivity index (χ0v) is 13.2. The van der Waals surface area contributed by atoms with Gasteiger partial charge in [-0.05, 0) is 48.0 Å². The molecule has 0 aliphatic heterocycles. The Kier molecular flexibility index (Phi) is 4.34. The van der Waals surface area contributed by atoms with Gasteiger partial charge in [-0.25, -0.2) is 0 Å². The second kappa shape index (κ2) is 6.58. The van der Waals surface area contributed by atoms with E-state index in [9.17, 15) is 4.79 Å². The molecule has 1 N–H and O–H groups in total. The first-order chi connectivity index (χ1) is 11.1. The van der Waals surface area contributed by atoms with E-state index in [1.807, 2.05) is 31.2 Å². The van der Waals surface area contributed by atoms with Gasteiger partial charge in [0.05, 0.1) is 0 Å². The highest BCUT2D eigenvalue weighted by atomic mass is 35.5. The maximum Gasteiger partial charge on any atom is 0.248 e. The molecule has 3 aromatic rings. The highest BCUT2D eigenvalue weighted by molar-refractivity contribution is 6.30. The van der Waals surface area contributed by atoms with Crippen LogP contribution >= 0.6 is 11.6 Å². The Hall–Kier alpha value is -2.73. The summed E-state index contributed by atoms with van der Waals surface area (Å²) in [6.45, 7) is 1.93. The van der Waals surface area contributed by atoms with Crippen molar-refractivity contribution < 1.29 is 4.79 Å². The van der Waals surface area contributed by atoms with Crippen molar-refractivity contribution in [3.63, 3.8) is 0 Å². The summed E-state index contributed by atoms with van der Waals surface area (Å²) >= 11 is 5.85. The number of aromatic nitrogens is 4. The first-order valence-corrected chi connectivity index (χ1v) is 7.39. The quantitative estimate of drug-likeness (QED) is 0.799. The van der Waals surface area contributed by atoms with Gasteiger partial charge in [-0.15, -0.1) is 10.2 Å². The Morgan fingerprint density at radius 3 is 2.65 bits per heavy atom. The predicted molar refractivity (Wildman–Crippen MR) is 88.1 cm³/mol. The molecule has 0 aliphatic carbocycles. The highest BCUT2D eigenvalue weighted by Crippen LogP contribution is 2.17. The zero-order valence-electron chi connectivity index (χ0n) is 12.4. The fourth-order valence-corrected chi connectivity index (χ4v) is 2.18. The lowest BCUT2D eigenvalue weighted by atomic mass is 10.2.